The number of carboxylic acid groups (broad SMARTS) is 1. The van der Waals surface area contributed by atoms with Crippen LogP contribution in [-0.2, 0) is 13.1 Å². The summed E-state index contributed by atoms with van der Waals surface area (Å²) in [5.41, 5.74) is 2.23. The standard InChI is InChI=1S/C22H24N2O4S/c1-15(16-7-5-4-6-8-16)24(13-21-23-19(14-29-21)22(25)26)12-17-9-10-18(27-2)11-20(17)28-3/h4-11,14-15H,12-13H2,1-3H3,(H,25,26)/t15-/m1/s1. The molecule has 1 unspecified atom stereocenters. The number of hydrogen-bond donors (Lipinski definition) is 1. The van der Waals surface area contributed by atoms with Crippen LogP contribution >= 0.6 is 11.3 Å². The number of rotatable bonds is 9. The third-order valence-electron chi connectivity index (χ3n) is 4.96. The lowest BCUT2D eigenvalue weighted by atomic mass is 10.1. The van der Waals surface area contributed by atoms with E-state index in [1.165, 1.54) is 27.2 Å². The first-order chi connectivity index (χ1) is 14.0. The number of quaternary nitrogens is 1. The SMILES string of the molecule is COc1ccc(C[NH+](Cc2nc(C(=O)[O-])cs2)[C@H](C)c2ccccc2)c(OC)c1. The Labute approximate surface area is 174 Å². The first-order valence-electron chi connectivity index (χ1n) is 9.28. The van der Waals surface area contributed by atoms with Gasteiger partial charge in [0.15, 0.2) is 0 Å². The maximum absolute atomic E-state index is 11.1. The minimum atomic E-state index is -1.25. The monoisotopic (exact) mass is 412 g/mol. The summed E-state index contributed by atoms with van der Waals surface area (Å²) < 4.78 is 10.9. The zero-order valence-electron chi connectivity index (χ0n) is 16.7. The van der Waals surface area contributed by atoms with Gasteiger partial charge in [0.25, 0.3) is 0 Å². The number of nitrogens with zero attached hydrogens (tertiary/aromatic N) is 1. The summed E-state index contributed by atoms with van der Waals surface area (Å²) in [6, 6.07) is 16.2. The highest BCUT2D eigenvalue weighted by atomic mass is 32.1. The molecule has 0 saturated heterocycles. The molecule has 2 atom stereocenters. The summed E-state index contributed by atoms with van der Waals surface area (Å²) in [6.45, 7) is 3.43. The van der Waals surface area contributed by atoms with Crippen LogP contribution in [0.2, 0.25) is 0 Å². The summed E-state index contributed by atoms with van der Waals surface area (Å²) in [7, 11) is 3.27. The molecule has 0 aliphatic rings. The average molecular weight is 413 g/mol. The lowest BCUT2D eigenvalue weighted by Gasteiger charge is -2.26. The van der Waals surface area contributed by atoms with Crippen molar-refractivity contribution in [3.8, 4) is 11.5 Å². The van der Waals surface area contributed by atoms with Crippen LogP contribution in [0, 0.1) is 0 Å². The van der Waals surface area contributed by atoms with Crippen LogP contribution in [-0.4, -0.2) is 25.2 Å². The van der Waals surface area contributed by atoms with E-state index in [0.29, 0.717) is 13.1 Å². The number of methoxy groups -OCH3 is 2. The van der Waals surface area contributed by atoms with Crippen LogP contribution in [0.5, 0.6) is 11.5 Å². The third-order valence-corrected chi connectivity index (χ3v) is 5.81. The van der Waals surface area contributed by atoms with Crippen molar-refractivity contribution in [2.45, 2.75) is 26.1 Å². The number of carbonyl (C=O) groups excluding carboxylic acids is 1. The Morgan fingerprint density at radius 3 is 2.52 bits per heavy atom. The number of hydrogen-bond acceptors (Lipinski definition) is 6. The van der Waals surface area contributed by atoms with Crippen molar-refractivity contribution < 1.29 is 24.3 Å². The molecule has 152 valence electrons. The highest BCUT2D eigenvalue weighted by molar-refractivity contribution is 7.09. The number of aromatic carboxylic acids is 1. The number of carboxylic acids is 1. The Morgan fingerprint density at radius 1 is 1.14 bits per heavy atom. The van der Waals surface area contributed by atoms with Crippen LogP contribution in [0.1, 0.15) is 39.6 Å². The first kappa shape index (κ1) is 20.8. The Kier molecular flexibility index (Phi) is 6.85. The third kappa shape index (κ3) is 5.13. The van der Waals surface area contributed by atoms with Crippen LogP contribution in [0.4, 0.5) is 0 Å². The average Bonchev–Trinajstić information content (AvgIpc) is 3.22. The molecule has 0 fully saturated rings. The molecule has 3 rings (SSSR count). The van der Waals surface area contributed by atoms with Crippen molar-refractivity contribution >= 4 is 17.3 Å². The van der Waals surface area contributed by atoms with Crippen molar-refractivity contribution in [2.75, 3.05) is 14.2 Å². The smallest absolute Gasteiger partial charge is 0.148 e. The Balaban J connectivity index is 1.90. The molecule has 0 radical (unpaired) electrons. The van der Waals surface area contributed by atoms with E-state index in [4.69, 9.17) is 9.47 Å². The van der Waals surface area contributed by atoms with Gasteiger partial charge < -0.3 is 24.3 Å². The molecule has 0 saturated carbocycles. The molecule has 2 aromatic carbocycles. The molecule has 3 aromatic rings. The second kappa shape index (κ2) is 9.54. The second-order valence-corrected chi connectivity index (χ2v) is 7.68. The molecule has 0 amide bonds. The molecule has 0 aliphatic carbocycles. The van der Waals surface area contributed by atoms with Crippen LogP contribution in [0.3, 0.4) is 0 Å². The van der Waals surface area contributed by atoms with Crippen LogP contribution < -0.4 is 19.5 Å². The predicted octanol–water partition coefficient (Wildman–Crippen LogP) is 1.87. The van der Waals surface area contributed by atoms with Crippen molar-refractivity contribution in [3.63, 3.8) is 0 Å². The summed E-state index contributed by atoms with van der Waals surface area (Å²) in [6.07, 6.45) is 0. The van der Waals surface area contributed by atoms with E-state index in [2.05, 4.69) is 24.0 Å². The number of aromatic nitrogens is 1. The molecule has 1 heterocycles. The summed E-state index contributed by atoms with van der Waals surface area (Å²) in [5.74, 6) is 0.250. The van der Waals surface area contributed by atoms with Gasteiger partial charge in [-0.05, 0) is 19.1 Å². The van der Waals surface area contributed by atoms with Gasteiger partial charge in [-0.1, -0.05) is 30.3 Å². The second-order valence-electron chi connectivity index (χ2n) is 6.74. The van der Waals surface area contributed by atoms with E-state index in [9.17, 15) is 9.90 Å². The van der Waals surface area contributed by atoms with Crippen molar-refractivity contribution in [1.29, 1.82) is 0 Å². The lowest BCUT2D eigenvalue weighted by Crippen LogP contribution is -3.09. The summed E-state index contributed by atoms with van der Waals surface area (Å²) in [4.78, 5) is 16.5. The van der Waals surface area contributed by atoms with E-state index >= 15 is 0 Å². The van der Waals surface area contributed by atoms with Gasteiger partial charge in [0.05, 0.1) is 25.9 Å². The van der Waals surface area contributed by atoms with E-state index < -0.39 is 5.97 Å². The van der Waals surface area contributed by atoms with E-state index in [-0.39, 0.29) is 11.7 Å². The largest absolute Gasteiger partial charge is 0.543 e. The fourth-order valence-corrected chi connectivity index (χ4v) is 4.09. The molecule has 7 heteroatoms. The molecule has 0 bridgehead atoms. The van der Waals surface area contributed by atoms with Gasteiger partial charge in [-0.2, -0.15) is 0 Å². The van der Waals surface area contributed by atoms with Crippen LogP contribution in [0.15, 0.2) is 53.9 Å². The summed E-state index contributed by atoms with van der Waals surface area (Å²) >= 11 is 1.34. The minimum absolute atomic E-state index is 0.0151. The van der Waals surface area contributed by atoms with E-state index in [1.807, 2.05) is 36.4 Å². The highest BCUT2D eigenvalue weighted by Crippen LogP contribution is 2.24. The van der Waals surface area contributed by atoms with Crippen molar-refractivity contribution in [1.82, 2.24) is 4.98 Å². The quantitative estimate of drug-likeness (QED) is 0.581. The molecule has 1 aromatic heterocycles. The number of carbonyl (C=O) groups is 1. The minimum Gasteiger partial charge on any atom is -0.543 e. The fourth-order valence-electron chi connectivity index (χ4n) is 3.27. The Hall–Kier alpha value is -2.90. The Bertz CT molecular complexity index is 958. The highest BCUT2D eigenvalue weighted by Gasteiger charge is 2.23. The van der Waals surface area contributed by atoms with Gasteiger partial charge in [0.2, 0.25) is 0 Å². The maximum atomic E-state index is 11.1. The number of nitrogens with one attached hydrogen (secondary N) is 1. The number of ether oxygens (including phenoxy) is 2. The van der Waals surface area contributed by atoms with Gasteiger partial charge in [0.1, 0.15) is 35.6 Å². The normalized spacial score (nSPS) is 12.9. The predicted molar refractivity (Wildman–Crippen MR) is 109 cm³/mol. The topological polar surface area (TPSA) is 75.9 Å². The summed E-state index contributed by atoms with van der Waals surface area (Å²) in [5, 5.41) is 13.4. The van der Waals surface area contributed by atoms with Gasteiger partial charge >= 0.3 is 0 Å². The zero-order chi connectivity index (χ0) is 20.8. The van der Waals surface area contributed by atoms with E-state index in [1.54, 1.807) is 14.2 Å². The Morgan fingerprint density at radius 2 is 1.90 bits per heavy atom. The molecular weight excluding hydrogens is 388 g/mol. The molecule has 6 nitrogen and oxygen atoms in total. The molecule has 0 aliphatic heterocycles. The van der Waals surface area contributed by atoms with Crippen LogP contribution in [0.25, 0.3) is 0 Å². The van der Waals surface area contributed by atoms with Gasteiger partial charge in [-0.15, -0.1) is 11.3 Å². The zero-order valence-corrected chi connectivity index (χ0v) is 17.5. The first-order valence-corrected chi connectivity index (χ1v) is 10.2. The number of thiazole rings is 1. The molecular formula is C22H24N2O4S. The van der Waals surface area contributed by atoms with E-state index in [0.717, 1.165) is 22.1 Å². The molecule has 29 heavy (non-hydrogen) atoms. The number of benzene rings is 2. The van der Waals surface area contributed by atoms with Crippen molar-refractivity contribution in [2.24, 2.45) is 0 Å². The molecule has 0 spiro atoms. The van der Waals surface area contributed by atoms with Crippen molar-refractivity contribution in [3.05, 3.63) is 75.7 Å². The van der Waals surface area contributed by atoms with Gasteiger partial charge in [-0.3, -0.25) is 0 Å². The lowest BCUT2D eigenvalue weighted by molar-refractivity contribution is -0.956. The maximum Gasteiger partial charge on any atom is 0.148 e. The fraction of sp³-hybridized carbons (Fsp3) is 0.273. The molecule has 1 N–H and O–H groups in total. The van der Waals surface area contributed by atoms with Gasteiger partial charge in [-0.25, -0.2) is 4.98 Å². The van der Waals surface area contributed by atoms with Gasteiger partial charge in [0, 0.05) is 22.6 Å².